The smallest absolute Gasteiger partial charge is 0.104 e. The summed E-state index contributed by atoms with van der Waals surface area (Å²) in [5, 5.41) is 12.2. The minimum absolute atomic E-state index is 0.596. The molecule has 1 radical (unpaired) electrons. The molecule has 0 aromatic carbocycles. The fourth-order valence-corrected chi connectivity index (χ4v) is 1.83. The van der Waals surface area contributed by atoms with Gasteiger partial charge in [0.05, 0.1) is 0 Å². The third-order valence-corrected chi connectivity index (χ3v) is 2.68. The third-order valence-electron chi connectivity index (χ3n) is 2.68. The summed E-state index contributed by atoms with van der Waals surface area (Å²) in [5.74, 6) is 0. The summed E-state index contributed by atoms with van der Waals surface area (Å²) in [6, 6.07) is 0. The van der Waals surface area contributed by atoms with Crippen molar-refractivity contribution in [3.63, 3.8) is 0 Å². The maximum atomic E-state index is 12.2. The minimum Gasteiger partial charge on any atom is -0.229 e. The molecule has 0 rings (SSSR count). The Hall–Kier alpha value is -0.0400. The third kappa shape index (κ3) is 6.09. The van der Waals surface area contributed by atoms with Gasteiger partial charge in [0.15, 0.2) is 0 Å². The highest BCUT2D eigenvalue weighted by atomic mass is 16.3. The first-order chi connectivity index (χ1) is 6.18. The molecule has 0 aliphatic rings. The van der Waals surface area contributed by atoms with Gasteiger partial charge in [0.2, 0.25) is 0 Å². The minimum atomic E-state index is -0.596. The zero-order valence-electron chi connectivity index (χ0n) is 9.57. The first-order valence-corrected chi connectivity index (χ1v) is 5.89. The Morgan fingerprint density at radius 3 is 1.54 bits per heavy atom. The molecule has 0 fully saturated rings. The van der Waals surface area contributed by atoms with Crippen molar-refractivity contribution in [3.8, 4) is 0 Å². The van der Waals surface area contributed by atoms with Crippen molar-refractivity contribution in [2.45, 2.75) is 77.7 Å². The lowest BCUT2D eigenvalue weighted by Crippen LogP contribution is -2.26. The van der Waals surface area contributed by atoms with Gasteiger partial charge in [0.25, 0.3) is 0 Å². The van der Waals surface area contributed by atoms with Crippen LogP contribution in [0.15, 0.2) is 0 Å². The molecule has 0 spiro atoms. The Morgan fingerprint density at radius 1 is 0.769 bits per heavy atom. The quantitative estimate of drug-likeness (QED) is 0.536. The zero-order valence-corrected chi connectivity index (χ0v) is 9.57. The Labute approximate surface area is 83.5 Å². The zero-order chi connectivity index (χ0) is 10.2. The van der Waals surface area contributed by atoms with Crippen LogP contribution in [0.25, 0.3) is 0 Å². The van der Waals surface area contributed by atoms with E-state index in [0.717, 1.165) is 51.4 Å². The monoisotopic (exact) mass is 185 g/mol. The van der Waals surface area contributed by atoms with Crippen molar-refractivity contribution >= 4 is 0 Å². The summed E-state index contributed by atoms with van der Waals surface area (Å²) in [5.41, 5.74) is -0.596. The molecule has 0 atom stereocenters. The highest BCUT2D eigenvalue weighted by Crippen LogP contribution is 2.27. The van der Waals surface area contributed by atoms with Gasteiger partial charge in [-0.15, -0.1) is 0 Å². The van der Waals surface area contributed by atoms with Crippen molar-refractivity contribution in [1.82, 2.24) is 0 Å². The molecule has 0 aromatic rings. The predicted octanol–water partition coefficient (Wildman–Crippen LogP) is 4.34. The van der Waals surface area contributed by atoms with Crippen LogP contribution in [0, 0.1) is 0 Å². The van der Waals surface area contributed by atoms with Crippen LogP contribution >= 0.6 is 0 Å². The molecule has 0 heterocycles. The van der Waals surface area contributed by atoms with E-state index in [1.165, 1.54) is 0 Å². The van der Waals surface area contributed by atoms with E-state index in [1.807, 2.05) is 0 Å². The molecule has 0 amide bonds. The van der Waals surface area contributed by atoms with Crippen molar-refractivity contribution in [2.75, 3.05) is 0 Å². The SMILES string of the molecule is CCCCC([O])(CCC)CCCC. The summed E-state index contributed by atoms with van der Waals surface area (Å²) >= 11 is 0. The molecule has 0 N–H and O–H groups in total. The maximum Gasteiger partial charge on any atom is 0.104 e. The molecule has 0 aliphatic heterocycles. The van der Waals surface area contributed by atoms with Crippen LogP contribution in [0.1, 0.15) is 72.1 Å². The van der Waals surface area contributed by atoms with E-state index < -0.39 is 5.60 Å². The second kappa shape index (κ2) is 7.37. The van der Waals surface area contributed by atoms with Gasteiger partial charge in [-0.2, -0.15) is 0 Å². The lowest BCUT2D eigenvalue weighted by atomic mass is 9.87. The van der Waals surface area contributed by atoms with Gasteiger partial charge in [-0.3, -0.25) is 0 Å². The molecule has 0 bridgehead atoms. The number of hydrogen-bond acceptors (Lipinski definition) is 0. The van der Waals surface area contributed by atoms with Crippen molar-refractivity contribution in [2.24, 2.45) is 0 Å². The van der Waals surface area contributed by atoms with Crippen LogP contribution in [0.2, 0.25) is 0 Å². The molecule has 0 aromatic heterocycles. The average molecular weight is 185 g/mol. The second-order valence-corrected chi connectivity index (χ2v) is 4.14. The van der Waals surface area contributed by atoms with E-state index in [4.69, 9.17) is 0 Å². The van der Waals surface area contributed by atoms with Crippen LogP contribution in [-0.4, -0.2) is 5.60 Å². The molecule has 0 saturated carbocycles. The van der Waals surface area contributed by atoms with Gasteiger partial charge in [-0.05, 0) is 19.3 Å². The van der Waals surface area contributed by atoms with Crippen LogP contribution in [0.5, 0.6) is 0 Å². The van der Waals surface area contributed by atoms with Crippen molar-refractivity contribution in [1.29, 1.82) is 0 Å². The molecule has 79 valence electrons. The Kier molecular flexibility index (Phi) is 7.35. The number of hydrogen-bond donors (Lipinski definition) is 0. The largest absolute Gasteiger partial charge is 0.229 e. The topological polar surface area (TPSA) is 19.9 Å². The summed E-state index contributed by atoms with van der Waals surface area (Å²) in [4.78, 5) is 0. The molecule has 13 heavy (non-hydrogen) atoms. The van der Waals surface area contributed by atoms with Crippen molar-refractivity contribution < 1.29 is 5.11 Å². The Balaban J connectivity index is 3.84. The van der Waals surface area contributed by atoms with Gasteiger partial charge in [-0.1, -0.05) is 52.9 Å². The van der Waals surface area contributed by atoms with Gasteiger partial charge in [0.1, 0.15) is 5.60 Å². The van der Waals surface area contributed by atoms with E-state index in [2.05, 4.69) is 20.8 Å². The standard InChI is InChI=1S/C12H25O/c1-4-7-10-12(13,9-6-3)11-8-5-2/h4-11H2,1-3H3. The molecule has 0 saturated heterocycles. The van der Waals surface area contributed by atoms with Crippen LogP contribution in [0.4, 0.5) is 0 Å². The van der Waals surface area contributed by atoms with E-state index in [9.17, 15) is 5.11 Å². The lowest BCUT2D eigenvalue weighted by molar-refractivity contribution is -0.0540. The van der Waals surface area contributed by atoms with Crippen molar-refractivity contribution in [3.05, 3.63) is 0 Å². The average Bonchev–Trinajstić information content (AvgIpc) is 2.12. The summed E-state index contributed by atoms with van der Waals surface area (Å²) in [6.07, 6.45) is 8.19. The summed E-state index contributed by atoms with van der Waals surface area (Å²) < 4.78 is 0. The first kappa shape index (κ1) is 13.0. The molecule has 0 unspecified atom stereocenters. The van der Waals surface area contributed by atoms with E-state index in [-0.39, 0.29) is 0 Å². The fourth-order valence-electron chi connectivity index (χ4n) is 1.83. The van der Waals surface area contributed by atoms with Gasteiger partial charge >= 0.3 is 0 Å². The van der Waals surface area contributed by atoms with Gasteiger partial charge in [0, 0.05) is 0 Å². The predicted molar refractivity (Wildman–Crippen MR) is 57.4 cm³/mol. The molecule has 1 nitrogen and oxygen atoms in total. The molecule has 1 heteroatoms. The van der Waals surface area contributed by atoms with E-state index >= 15 is 0 Å². The van der Waals surface area contributed by atoms with Crippen LogP contribution < -0.4 is 0 Å². The maximum absolute atomic E-state index is 12.2. The molecule has 0 aliphatic carbocycles. The Bertz CT molecular complexity index is 102. The van der Waals surface area contributed by atoms with Gasteiger partial charge in [-0.25, -0.2) is 5.11 Å². The highest BCUT2D eigenvalue weighted by Gasteiger charge is 2.26. The summed E-state index contributed by atoms with van der Waals surface area (Å²) in [7, 11) is 0. The van der Waals surface area contributed by atoms with E-state index in [1.54, 1.807) is 0 Å². The van der Waals surface area contributed by atoms with Crippen LogP contribution in [-0.2, 0) is 5.11 Å². The molecular weight excluding hydrogens is 160 g/mol. The fraction of sp³-hybridized carbons (Fsp3) is 1.00. The first-order valence-electron chi connectivity index (χ1n) is 5.89. The lowest BCUT2D eigenvalue weighted by Gasteiger charge is -2.24. The highest BCUT2D eigenvalue weighted by molar-refractivity contribution is 4.77. The Morgan fingerprint density at radius 2 is 1.23 bits per heavy atom. The normalized spacial score (nSPS) is 12.0. The summed E-state index contributed by atoms with van der Waals surface area (Å²) in [6.45, 7) is 6.43. The molecular formula is C12H25O. The number of unbranched alkanes of at least 4 members (excludes halogenated alkanes) is 2. The second-order valence-electron chi connectivity index (χ2n) is 4.14. The van der Waals surface area contributed by atoms with Crippen LogP contribution in [0.3, 0.4) is 0 Å². The van der Waals surface area contributed by atoms with E-state index in [0.29, 0.717) is 0 Å². The van der Waals surface area contributed by atoms with Gasteiger partial charge < -0.3 is 0 Å². The number of rotatable bonds is 8.